The van der Waals surface area contributed by atoms with Crippen LogP contribution in [0.3, 0.4) is 0 Å². The number of aliphatic hydroxyl groups is 1. The van der Waals surface area contributed by atoms with Gasteiger partial charge in [-0.15, -0.1) is 0 Å². The van der Waals surface area contributed by atoms with E-state index < -0.39 is 0 Å². The second-order valence-electron chi connectivity index (χ2n) is 7.39. The van der Waals surface area contributed by atoms with Gasteiger partial charge >= 0.3 is 0 Å². The van der Waals surface area contributed by atoms with Crippen LogP contribution in [0.25, 0.3) is 21.8 Å². The van der Waals surface area contributed by atoms with Crippen LogP contribution in [-0.2, 0) is 0 Å². The summed E-state index contributed by atoms with van der Waals surface area (Å²) in [5.74, 6) is 1.53. The first-order chi connectivity index (χ1) is 14.2. The van der Waals surface area contributed by atoms with E-state index in [9.17, 15) is 5.11 Å². The Morgan fingerprint density at radius 2 is 1.90 bits per heavy atom. The van der Waals surface area contributed by atoms with Crippen LogP contribution in [0.2, 0.25) is 0 Å². The molecule has 4 aromatic rings. The summed E-state index contributed by atoms with van der Waals surface area (Å²) in [5, 5.41) is 22.4. The monoisotopic (exact) mass is 389 g/mol. The molecule has 148 valence electrons. The molecule has 0 atom stereocenters. The van der Waals surface area contributed by atoms with Gasteiger partial charge in [0.05, 0.1) is 24.9 Å². The highest BCUT2D eigenvalue weighted by molar-refractivity contribution is 6.09. The standard InChI is InChI=1S/C22H23N5O2/c1-29-17-6-7-20-18(12-17)19-13-23-26-21(19)22(25-20)24-14-2-4-15(5-3-14)27-10-8-16(28)9-11-27/h2-7,12-13,16,28H,8-11H2,1H3,(H,23,26)(H,24,25). The zero-order valence-corrected chi connectivity index (χ0v) is 16.2. The summed E-state index contributed by atoms with van der Waals surface area (Å²) in [4.78, 5) is 7.10. The normalized spacial score (nSPS) is 15.2. The first-order valence-electron chi connectivity index (χ1n) is 9.82. The van der Waals surface area contributed by atoms with Crippen LogP contribution in [0.5, 0.6) is 5.75 Å². The Labute approximate surface area is 168 Å². The van der Waals surface area contributed by atoms with E-state index in [-0.39, 0.29) is 6.10 Å². The molecule has 1 fully saturated rings. The number of aromatic nitrogens is 3. The predicted octanol–water partition coefficient (Wildman–Crippen LogP) is 3.82. The number of hydrogen-bond acceptors (Lipinski definition) is 6. The van der Waals surface area contributed by atoms with Crippen LogP contribution in [0.15, 0.2) is 48.7 Å². The van der Waals surface area contributed by atoms with Gasteiger partial charge in [0, 0.05) is 35.2 Å². The molecule has 0 saturated carbocycles. The number of fused-ring (bicyclic) bond motifs is 3. The first-order valence-corrected chi connectivity index (χ1v) is 9.82. The van der Waals surface area contributed by atoms with Crippen LogP contribution in [0.4, 0.5) is 17.2 Å². The molecule has 0 bridgehead atoms. The van der Waals surface area contributed by atoms with Gasteiger partial charge < -0.3 is 20.1 Å². The Balaban J connectivity index is 1.44. The van der Waals surface area contributed by atoms with Gasteiger partial charge in [0.1, 0.15) is 11.3 Å². The van der Waals surface area contributed by atoms with Crippen molar-refractivity contribution in [2.75, 3.05) is 30.4 Å². The van der Waals surface area contributed by atoms with E-state index in [0.29, 0.717) is 0 Å². The van der Waals surface area contributed by atoms with E-state index in [2.05, 4.69) is 44.7 Å². The fourth-order valence-electron chi connectivity index (χ4n) is 3.91. The van der Waals surface area contributed by atoms with Gasteiger partial charge in [-0.25, -0.2) is 4.98 Å². The molecule has 7 nitrogen and oxygen atoms in total. The number of H-pyrrole nitrogens is 1. The molecular weight excluding hydrogens is 366 g/mol. The maximum absolute atomic E-state index is 9.70. The quantitative estimate of drug-likeness (QED) is 0.492. The van der Waals surface area contributed by atoms with Crippen LogP contribution >= 0.6 is 0 Å². The van der Waals surface area contributed by atoms with Crippen molar-refractivity contribution < 1.29 is 9.84 Å². The van der Waals surface area contributed by atoms with Gasteiger partial charge in [-0.2, -0.15) is 5.10 Å². The highest BCUT2D eigenvalue weighted by Gasteiger charge is 2.17. The minimum atomic E-state index is -0.164. The highest BCUT2D eigenvalue weighted by Crippen LogP contribution is 2.32. The molecule has 5 rings (SSSR count). The van der Waals surface area contributed by atoms with Crippen molar-refractivity contribution in [3.8, 4) is 5.75 Å². The average molecular weight is 389 g/mol. The number of piperidine rings is 1. The number of anilines is 3. The lowest BCUT2D eigenvalue weighted by atomic mass is 10.1. The third-order valence-corrected chi connectivity index (χ3v) is 5.56. The van der Waals surface area contributed by atoms with Gasteiger partial charge in [0.2, 0.25) is 0 Å². The summed E-state index contributed by atoms with van der Waals surface area (Å²) in [5.41, 5.74) is 3.88. The molecule has 0 amide bonds. The van der Waals surface area contributed by atoms with E-state index in [1.54, 1.807) is 7.11 Å². The first kappa shape index (κ1) is 17.8. The minimum Gasteiger partial charge on any atom is -0.497 e. The van der Waals surface area contributed by atoms with Gasteiger partial charge in [-0.3, -0.25) is 5.10 Å². The fraction of sp³-hybridized carbons (Fsp3) is 0.273. The second-order valence-corrected chi connectivity index (χ2v) is 7.39. The van der Waals surface area contributed by atoms with E-state index in [1.165, 1.54) is 5.69 Å². The number of nitrogens with one attached hydrogen (secondary N) is 2. The van der Waals surface area contributed by atoms with Gasteiger partial charge in [-0.05, 0) is 55.3 Å². The number of aliphatic hydroxyl groups excluding tert-OH is 1. The van der Waals surface area contributed by atoms with Crippen molar-refractivity contribution in [1.29, 1.82) is 0 Å². The summed E-state index contributed by atoms with van der Waals surface area (Å²) >= 11 is 0. The topological polar surface area (TPSA) is 86.3 Å². The van der Waals surface area contributed by atoms with Crippen molar-refractivity contribution in [2.24, 2.45) is 0 Å². The number of aromatic amines is 1. The zero-order chi connectivity index (χ0) is 19.8. The molecule has 0 radical (unpaired) electrons. The van der Waals surface area contributed by atoms with Crippen molar-refractivity contribution in [3.63, 3.8) is 0 Å². The number of nitrogens with zero attached hydrogens (tertiary/aromatic N) is 3. The minimum absolute atomic E-state index is 0.164. The average Bonchev–Trinajstić information content (AvgIpc) is 3.25. The molecule has 1 aliphatic heterocycles. The molecular formula is C22H23N5O2. The largest absolute Gasteiger partial charge is 0.497 e. The SMILES string of the molecule is COc1ccc2nc(Nc3ccc(N4CCC(O)CC4)cc3)c3[nH]ncc3c2c1. The summed E-state index contributed by atoms with van der Waals surface area (Å²) in [6, 6.07) is 14.2. The second kappa shape index (κ2) is 7.25. The molecule has 3 N–H and O–H groups in total. The molecule has 0 spiro atoms. The van der Waals surface area contributed by atoms with Gasteiger partial charge in [-0.1, -0.05) is 0 Å². The number of methoxy groups -OCH3 is 1. The number of hydrogen-bond donors (Lipinski definition) is 3. The summed E-state index contributed by atoms with van der Waals surface area (Å²) < 4.78 is 5.35. The van der Waals surface area contributed by atoms with Crippen LogP contribution in [0.1, 0.15) is 12.8 Å². The molecule has 3 heterocycles. The summed E-state index contributed by atoms with van der Waals surface area (Å²) in [6.07, 6.45) is 3.30. The third-order valence-electron chi connectivity index (χ3n) is 5.56. The number of pyridine rings is 1. The van der Waals surface area contributed by atoms with E-state index in [1.807, 2.05) is 24.4 Å². The van der Waals surface area contributed by atoms with E-state index in [4.69, 9.17) is 9.72 Å². The highest BCUT2D eigenvalue weighted by atomic mass is 16.5. The van der Waals surface area contributed by atoms with Crippen molar-refractivity contribution in [3.05, 3.63) is 48.7 Å². The maximum Gasteiger partial charge on any atom is 0.157 e. The predicted molar refractivity (Wildman–Crippen MR) is 115 cm³/mol. The van der Waals surface area contributed by atoms with E-state index >= 15 is 0 Å². The molecule has 2 aromatic carbocycles. The number of benzene rings is 2. The Morgan fingerprint density at radius 3 is 2.66 bits per heavy atom. The maximum atomic E-state index is 9.70. The molecule has 1 aliphatic rings. The zero-order valence-electron chi connectivity index (χ0n) is 16.2. The fourth-order valence-corrected chi connectivity index (χ4v) is 3.91. The Morgan fingerprint density at radius 1 is 1.10 bits per heavy atom. The lowest BCUT2D eigenvalue weighted by molar-refractivity contribution is 0.145. The van der Waals surface area contributed by atoms with Gasteiger partial charge in [0.15, 0.2) is 5.82 Å². The molecule has 7 heteroatoms. The summed E-state index contributed by atoms with van der Waals surface area (Å²) in [7, 11) is 1.66. The Bertz CT molecular complexity index is 1150. The van der Waals surface area contributed by atoms with Gasteiger partial charge in [0.25, 0.3) is 0 Å². The number of ether oxygens (including phenoxy) is 1. The Hall–Kier alpha value is -3.32. The third kappa shape index (κ3) is 3.34. The molecule has 2 aromatic heterocycles. The van der Waals surface area contributed by atoms with Crippen molar-refractivity contribution >= 4 is 39.0 Å². The molecule has 0 aliphatic carbocycles. The van der Waals surface area contributed by atoms with Crippen LogP contribution < -0.4 is 15.0 Å². The van der Waals surface area contributed by atoms with Crippen LogP contribution in [0, 0.1) is 0 Å². The summed E-state index contributed by atoms with van der Waals surface area (Å²) in [6.45, 7) is 1.77. The smallest absolute Gasteiger partial charge is 0.157 e. The molecule has 1 saturated heterocycles. The lowest BCUT2D eigenvalue weighted by Gasteiger charge is -2.31. The molecule has 29 heavy (non-hydrogen) atoms. The van der Waals surface area contributed by atoms with Crippen molar-refractivity contribution in [1.82, 2.24) is 15.2 Å². The molecule has 0 unspecified atom stereocenters. The number of rotatable bonds is 4. The van der Waals surface area contributed by atoms with Crippen molar-refractivity contribution in [2.45, 2.75) is 18.9 Å². The van der Waals surface area contributed by atoms with Crippen LogP contribution in [-0.4, -0.2) is 46.6 Å². The lowest BCUT2D eigenvalue weighted by Crippen LogP contribution is -2.35. The van der Waals surface area contributed by atoms with E-state index in [0.717, 1.165) is 65.0 Å². The Kier molecular flexibility index (Phi) is 4.44.